The average molecular weight is 353 g/mol. The molecule has 0 bridgehead atoms. The zero-order valence-electron chi connectivity index (χ0n) is 14.3. The largest absolute Gasteiger partial charge is 0.355 e. The Morgan fingerprint density at radius 2 is 1.76 bits per heavy atom. The van der Waals surface area contributed by atoms with Crippen LogP contribution in [0.2, 0.25) is 0 Å². The molecule has 0 atom stereocenters. The minimum atomic E-state index is 0.876. The van der Waals surface area contributed by atoms with E-state index in [2.05, 4.69) is 62.8 Å². The van der Waals surface area contributed by atoms with Gasteiger partial charge in [-0.3, -0.25) is 4.90 Å². The molecule has 1 fully saturated rings. The number of hydrogen-bond donors (Lipinski definition) is 0. The highest BCUT2D eigenvalue weighted by Crippen LogP contribution is 2.25. The van der Waals surface area contributed by atoms with Crippen molar-refractivity contribution in [2.45, 2.75) is 13.0 Å². The molecule has 0 radical (unpaired) electrons. The first-order valence-corrected chi connectivity index (χ1v) is 9.73. The molecule has 25 heavy (non-hydrogen) atoms. The van der Waals surface area contributed by atoms with Crippen LogP contribution in [0.3, 0.4) is 0 Å². The molecule has 2 aromatic heterocycles. The van der Waals surface area contributed by atoms with Crippen molar-refractivity contribution in [2.24, 2.45) is 0 Å². The molecule has 0 spiro atoms. The fourth-order valence-corrected chi connectivity index (χ4v) is 3.93. The van der Waals surface area contributed by atoms with Gasteiger partial charge in [-0.15, -0.1) is 11.3 Å². The Bertz CT molecular complexity index is 761. The fourth-order valence-electron chi connectivity index (χ4n) is 3.25. The molecule has 3 aromatic rings. The van der Waals surface area contributed by atoms with Gasteiger partial charge in [0.25, 0.3) is 0 Å². The van der Waals surface area contributed by atoms with E-state index in [-0.39, 0.29) is 0 Å². The van der Waals surface area contributed by atoms with Gasteiger partial charge in [-0.25, -0.2) is 0 Å². The lowest BCUT2D eigenvalue weighted by Crippen LogP contribution is -2.46. The third-order valence-electron chi connectivity index (χ3n) is 4.73. The number of nitrogens with zero attached hydrogens (tertiary/aromatic N) is 3. The number of aromatic nitrogens is 1. The van der Waals surface area contributed by atoms with Crippen LogP contribution in [0.25, 0.3) is 10.6 Å². The molecule has 0 aliphatic carbocycles. The van der Waals surface area contributed by atoms with Crippen LogP contribution in [0.4, 0.5) is 0 Å². The average Bonchev–Trinajstić information content (AvgIpc) is 3.34. The molecule has 4 rings (SSSR count). The van der Waals surface area contributed by atoms with Gasteiger partial charge < -0.3 is 9.42 Å². The third-order valence-corrected chi connectivity index (χ3v) is 5.62. The number of piperazine rings is 1. The lowest BCUT2D eigenvalue weighted by atomic mass is 10.1. The number of benzene rings is 1. The van der Waals surface area contributed by atoms with Gasteiger partial charge in [-0.05, 0) is 23.4 Å². The first-order valence-electron chi connectivity index (χ1n) is 8.85. The monoisotopic (exact) mass is 353 g/mol. The van der Waals surface area contributed by atoms with Crippen LogP contribution < -0.4 is 0 Å². The van der Waals surface area contributed by atoms with E-state index in [1.807, 2.05) is 6.07 Å². The molecule has 0 N–H and O–H groups in total. The summed E-state index contributed by atoms with van der Waals surface area (Å²) in [7, 11) is 0. The molecule has 1 aliphatic rings. The molecule has 3 heterocycles. The van der Waals surface area contributed by atoms with Crippen LogP contribution in [-0.4, -0.2) is 47.7 Å². The number of rotatable bonds is 6. The van der Waals surface area contributed by atoms with E-state index in [4.69, 9.17) is 4.52 Å². The van der Waals surface area contributed by atoms with Crippen molar-refractivity contribution in [1.82, 2.24) is 15.0 Å². The maximum Gasteiger partial charge on any atom is 0.177 e. The molecule has 1 aromatic carbocycles. The molecule has 1 saturated heterocycles. The fraction of sp³-hybridized carbons (Fsp3) is 0.350. The topological polar surface area (TPSA) is 32.5 Å². The van der Waals surface area contributed by atoms with Crippen LogP contribution in [-0.2, 0) is 13.0 Å². The standard InChI is InChI=1S/C20H23N3OS/c1-2-5-17(6-3-1)8-9-22-10-12-23(13-11-22)16-18-15-19(24-21-18)20-7-4-14-25-20/h1-7,14-15H,8-13,16H2. The van der Waals surface area contributed by atoms with Crippen molar-refractivity contribution in [1.29, 1.82) is 0 Å². The van der Waals surface area contributed by atoms with Gasteiger partial charge in [0.05, 0.1) is 10.6 Å². The lowest BCUT2D eigenvalue weighted by molar-refractivity contribution is 0.126. The lowest BCUT2D eigenvalue weighted by Gasteiger charge is -2.34. The van der Waals surface area contributed by atoms with E-state index in [0.29, 0.717) is 0 Å². The molecule has 4 nitrogen and oxygen atoms in total. The normalized spacial score (nSPS) is 16.3. The van der Waals surface area contributed by atoms with Gasteiger partial charge >= 0.3 is 0 Å². The second kappa shape index (κ2) is 7.95. The molecule has 0 unspecified atom stereocenters. The van der Waals surface area contributed by atoms with E-state index in [1.165, 1.54) is 5.56 Å². The summed E-state index contributed by atoms with van der Waals surface area (Å²) in [5, 5.41) is 6.30. The number of hydrogen-bond acceptors (Lipinski definition) is 5. The third kappa shape index (κ3) is 4.37. The summed E-state index contributed by atoms with van der Waals surface area (Å²) in [5.74, 6) is 0.881. The van der Waals surface area contributed by atoms with E-state index in [9.17, 15) is 0 Å². The van der Waals surface area contributed by atoms with Crippen molar-refractivity contribution in [3.8, 4) is 10.6 Å². The van der Waals surface area contributed by atoms with Gasteiger partial charge in [0.15, 0.2) is 5.76 Å². The van der Waals surface area contributed by atoms with Crippen molar-refractivity contribution in [2.75, 3.05) is 32.7 Å². The minimum Gasteiger partial charge on any atom is -0.355 e. The first-order chi connectivity index (χ1) is 12.4. The Hall–Kier alpha value is -1.95. The summed E-state index contributed by atoms with van der Waals surface area (Å²) in [6.45, 7) is 6.46. The van der Waals surface area contributed by atoms with Crippen LogP contribution >= 0.6 is 11.3 Å². The summed E-state index contributed by atoms with van der Waals surface area (Å²) in [5.41, 5.74) is 2.45. The van der Waals surface area contributed by atoms with Crippen LogP contribution in [0.15, 0.2) is 58.4 Å². The Balaban J connectivity index is 1.24. The predicted octanol–water partition coefficient (Wildman–Crippen LogP) is 3.76. The smallest absolute Gasteiger partial charge is 0.177 e. The van der Waals surface area contributed by atoms with Gasteiger partial charge in [-0.2, -0.15) is 0 Å². The Morgan fingerprint density at radius 3 is 2.52 bits per heavy atom. The zero-order valence-corrected chi connectivity index (χ0v) is 15.1. The summed E-state index contributed by atoms with van der Waals surface area (Å²) in [6, 6.07) is 16.9. The molecule has 0 amide bonds. The Kier molecular flexibility index (Phi) is 5.25. The van der Waals surface area contributed by atoms with Crippen LogP contribution in [0.1, 0.15) is 11.3 Å². The van der Waals surface area contributed by atoms with Crippen LogP contribution in [0, 0.1) is 0 Å². The molecule has 5 heteroatoms. The molecule has 0 saturated carbocycles. The van der Waals surface area contributed by atoms with Crippen molar-refractivity contribution in [3.05, 3.63) is 65.2 Å². The van der Waals surface area contributed by atoms with E-state index in [1.54, 1.807) is 11.3 Å². The maximum atomic E-state index is 5.48. The molecule has 130 valence electrons. The van der Waals surface area contributed by atoms with Gasteiger partial charge in [0.1, 0.15) is 0 Å². The summed E-state index contributed by atoms with van der Waals surface area (Å²) < 4.78 is 5.48. The highest BCUT2D eigenvalue weighted by atomic mass is 32.1. The second-order valence-electron chi connectivity index (χ2n) is 6.51. The van der Waals surface area contributed by atoms with Gasteiger partial charge in [0.2, 0.25) is 0 Å². The Morgan fingerprint density at radius 1 is 0.960 bits per heavy atom. The van der Waals surface area contributed by atoms with E-state index in [0.717, 1.165) is 62.0 Å². The van der Waals surface area contributed by atoms with Gasteiger partial charge in [0, 0.05) is 45.3 Å². The molecular formula is C20H23N3OS. The highest BCUT2D eigenvalue weighted by molar-refractivity contribution is 7.13. The van der Waals surface area contributed by atoms with E-state index < -0.39 is 0 Å². The SMILES string of the molecule is c1ccc(CCN2CCN(Cc3cc(-c4cccs4)on3)CC2)cc1. The van der Waals surface area contributed by atoms with Gasteiger partial charge in [-0.1, -0.05) is 41.6 Å². The van der Waals surface area contributed by atoms with Crippen molar-refractivity contribution >= 4 is 11.3 Å². The molecular weight excluding hydrogens is 330 g/mol. The van der Waals surface area contributed by atoms with Crippen molar-refractivity contribution in [3.63, 3.8) is 0 Å². The second-order valence-corrected chi connectivity index (χ2v) is 7.46. The predicted molar refractivity (Wildman–Crippen MR) is 102 cm³/mol. The van der Waals surface area contributed by atoms with Crippen molar-refractivity contribution < 1.29 is 4.52 Å². The first kappa shape index (κ1) is 16.5. The summed E-state index contributed by atoms with van der Waals surface area (Å²) in [4.78, 5) is 6.17. The summed E-state index contributed by atoms with van der Waals surface area (Å²) in [6.07, 6.45) is 1.13. The quantitative estimate of drug-likeness (QED) is 0.675. The minimum absolute atomic E-state index is 0.876. The summed E-state index contributed by atoms with van der Waals surface area (Å²) >= 11 is 1.69. The zero-order chi connectivity index (χ0) is 16.9. The molecule has 1 aliphatic heterocycles. The number of thiophene rings is 1. The Labute approximate surface area is 152 Å². The maximum absolute atomic E-state index is 5.48. The highest BCUT2D eigenvalue weighted by Gasteiger charge is 2.18. The van der Waals surface area contributed by atoms with Crippen LogP contribution in [0.5, 0.6) is 0 Å². The van der Waals surface area contributed by atoms with E-state index >= 15 is 0 Å².